The third kappa shape index (κ3) is 3.77. The highest BCUT2D eigenvalue weighted by atomic mass is 16.6. The SMILES string of the molecule is CN(Cc1ccc(N2CCOCC2)cc1)CN1C(=O)c2cccc([N+](=O)[O-])c2C1=O. The average molecular weight is 410 g/mol. The van der Waals surface area contributed by atoms with E-state index in [0.717, 1.165) is 42.5 Å². The van der Waals surface area contributed by atoms with Gasteiger partial charge in [-0.05, 0) is 30.8 Å². The van der Waals surface area contributed by atoms with Gasteiger partial charge in [-0.15, -0.1) is 0 Å². The molecule has 156 valence electrons. The Morgan fingerprint density at radius 3 is 2.43 bits per heavy atom. The van der Waals surface area contributed by atoms with E-state index in [1.165, 1.54) is 18.2 Å². The molecule has 9 nitrogen and oxygen atoms in total. The molecule has 0 unspecified atom stereocenters. The quantitative estimate of drug-likeness (QED) is 0.409. The van der Waals surface area contributed by atoms with E-state index in [1.807, 2.05) is 17.0 Å². The lowest BCUT2D eigenvalue weighted by molar-refractivity contribution is -0.385. The van der Waals surface area contributed by atoms with Gasteiger partial charge in [0.2, 0.25) is 0 Å². The summed E-state index contributed by atoms with van der Waals surface area (Å²) in [7, 11) is 1.80. The summed E-state index contributed by atoms with van der Waals surface area (Å²) >= 11 is 0. The van der Waals surface area contributed by atoms with E-state index >= 15 is 0 Å². The van der Waals surface area contributed by atoms with Crippen molar-refractivity contribution in [3.63, 3.8) is 0 Å². The van der Waals surface area contributed by atoms with Crippen LogP contribution < -0.4 is 4.90 Å². The van der Waals surface area contributed by atoms with Crippen molar-refractivity contribution in [1.82, 2.24) is 9.80 Å². The number of hydrogen-bond donors (Lipinski definition) is 0. The van der Waals surface area contributed by atoms with Gasteiger partial charge in [0.25, 0.3) is 17.5 Å². The van der Waals surface area contributed by atoms with Gasteiger partial charge in [-0.25, -0.2) is 0 Å². The van der Waals surface area contributed by atoms with Gasteiger partial charge < -0.3 is 9.64 Å². The average Bonchev–Trinajstić information content (AvgIpc) is 2.99. The lowest BCUT2D eigenvalue weighted by Crippen LogP contribution is -2.39. The predicted molar refractivity (Wildman–Crippen MR) is 109 cm³/mol. The second kappa shape index (κ2) is 8.21. The summed E-state index contributed by atoms with van der Waals surface area (Å²) in [6.07, 6.45) is 0. The van der Waals surface area contributed by atoms with Crippen molar-refractivity contribution in [2.24, 2.45) is 0 Å². The molecule has 2 aliphatic rings. The third-order valence-electron chi connectivity index (χ3n) is 5.32. The Morgan fingerprint density at radius 2 is 1.77 bits per heavy atom. The second-order valence-corrected chi connectivity index (χ2v) is 7.42. The normalized spacial score (nSPS) is 16.3. The Bertz CT molecular complexity index is 985. The van der Waals surface area contributed by atoms with Crippen LogP contribution in [0.25, 0.3) is 0 Å². The minimum Gasteiger partial charge on any atom is -0.378 e. The first-order chi connectivity index (χ1) is 14.5. The topological polar surface area (TPSA) is 96.2 Å². The Balaban J connectivity index is 1.42. The van der Waals surface area contributed by atoms with Crippen LogP contribution >= 0.6 is 0 Å². The van der Waals surface area contributed by atoms with Crippen LogP contribution in [0.2, 0.25) is 0 Å². The van der Waals surface area contributed by atoms with E-state index in [1.54, 1.807) is 7.05 Å². The van der Waals surface area contributed by atoms with Gasteiger partial charge in [0.1, 0.15) is 5.56 Å². The van der Waals surface area contributed by atoms with E-state index in [2.05, 4.69) is 17.0 Å². The molecule has 2 aliphatic heterocycles. The molecule has 0 N–H and O–H groups in total. The van der Waals surface area contributed by atoms with Crippen molar-refractivity contribution in [2.75, 3.05) is 44.9 Å². The van der Waals surface area contributed by atoms with Crippen LogP contribution in [0, 0.1) is 10.1 Å². The summed E-state index contributed by atoms with van der Waals surface area (Å²) in [5.74, 6) is -1.13. The Morgan fingerprint density at radius 1 is 1.07 bits per heavy atom. The van der Waals surface area contributed by atoms with Crippen LogP contribution in [-0.2, 0) is 11.3 Å². The number of anilines is 1. The Kier molecular flexibility index (Phi) is 5.47. The number of nitro benzene ring substituents is 1. The molecule has 0 saturated carbocycles. The van der Waals surface area contributed by atoms with Gasteiger partial charge in [0, 0.05) is 31.4 Å². The second-order valence-electron chi connectivity index (χ2n) is 7.42. The number of nitrogens with zero attached hydrogens (tertiary/aromatic N) is 4. The molecule has 0 spiro atoms. The molecule has 1 fully saturated rings. The van der Waals surface area contributed by atoms with Crippen molar-refractivity contribution >= 4 is 23.2 Å². The summed E-state index contributed by atoms with van der Waals surface area (Å²) in [5.41, 5.74) is 1.79. The van der Waals surface area contributed by atoms with E-state index in [0.29, 0.717) is 6.54 Å². The maximum Gasteiger partial charge on any atom is 0.282 e. The van der Waals surface area contributed by atoms with E-state index < -0.39 is 16.7 Å². The molecule has 2 heterocycles. The summed E-state index contributed by atoms with van der Waals surface area (Å²) in [4.78, 5) is 41.1. The molecule has 2 aromatic rings. The minimum absolute atomic E-state index is 0.0503. The Hall–Kier alpha value is -3.30. The molecule has 2 aromatic carbocycles. The number of morpholine rings is 1. The zero-order chi connectivity index (χ0) is 21.3. The summed E-state index contributed by atoms with van der Waals surface area (Å²) in [5, 5.41) is 11.2. The summed E-state index contributed by atoms with van der Waals surface area (Å²) in [6.45, 7) is 3.76. The van der Waals surface area contributed by atoms with Crippen molar-refractivity contribution in [2.45, 2.75) is 6.54 Å². The number of fused-ring (bicyclic) bond motifs is 1. The van der Waals surface area contributed by atoms with E-state index in [4.69, 9.17) is 4.74 Å². The molecule has 0 aliphatic carbocycles. The molecule has 2 amide bonds. The number of rotatable bonds is 6. The molecule has 0 bridgehead atoms. The highest BCUT2D eigenvalue weighted by Crippen LogP contribution is 2.30. The van der Waals surface area contributed by atoms with Crippen molar-refractivity contribution in [3.05, 3.63) is 69.3 Å². The minimum atomic E-state index is -0.632. The zero-order valence-corrected chi connectivity index (χ0v) is 16.6. The number of ether oxygens (including phenoxy) is 1. The lowest BCUT2D eigenvalue weighted by atomic mass is 10.1. The number of nitro groups is 1. The highest BCUT2D eigenvalue weighted by Gasteiger charge is 2.41. The van der Waals surface area contributed by atoms with Gasteiger partial charge in [-0.2, -0.15) is 0 Å². The maximum atomic E-state index is 12.7. The first-order valence-electron chi connectivity index (χ1n) is 9.69. The lowest BCUT2D eigenvalue weighted by Gasteiger charge is -2.29. The van der Waals surface area contributed by atoms with Crippen LogP contribution in [0.15, 0.2) is 42.5 Å². The fraction of sp³-hybridized carbons (Fsp3) is 0.333. The molecule has 0 atom stereocenters. The van der Waals surface area contributed by atoms with Crippen molar-refractivity contribution in [1.29, 1.82) is 0 Å². The molecule has 0 radical (unpaired) electrons. The first-order valence-corrected chi connectivity index (χ1v) is 9.69. The number of carbonyl (C=O) groups is 2. The summed E-state index contributed by atoms with van der Waals surface area (Å²) < 4.78 is 5.38. The molecular weight excluding hydrogens is 388 g/mol. The molecule has 4 rings (SSSR count). The van der Waals surface area contributed by atoms with Crippen LogP contribution in [-0.4, -0.2) is 66.6 Å². The van der Waals surface area contributed by atoms with Gasteiger partial charge in [-0.1, -0.05) is 18.2 Å². The first kappa shape index (κ1) is 20.0. The van der Waals surface area contributed by atoms with Crippen molar-refractivity contribution < 1.29 is 19.2 Å². The smallest absolute Gasteiger partial charge is 0.282 e. The predicted octanol–water partition coefficient (Wildman–Crippen LogP) is 2.12. The number of carbonyl (C=O) groups excluding carboxylic acids is 2. The number of imide groups is 1. The fourth-order valence-corrected chi connectivity index (χ4v) is 3.83. The van der Waals surface area contributed by atoms with E-state index in [-0.39, 0.29) is 23.5 Å². The monoisotopic (exact) mass is 410 g/mol. The number of amides is 2. The fourth-order valence-electron chi connectivity index (χ4n) is 3.83. The third-order valence-corrected chi connectivity index (χ3v) is 5.32. The largest absolute Gasteiger partial charge is 0.378 e. The number of hydrogen-bond acceptors (Lipinski definition) is 7. The van der Waals surface area contributed by atoms with Gasteiger partial charge >= 0.3 is 0 Å². The molecule has 0 aromatic heterocycles. The van der Waals surface area contributed by atoms with Gasteiger partial charge in [0.15, 0.2) is 0 Å². The van der Waals surface area contributed by atoms with Crippen LogP contribution in [0.5, 0.6) is 0 Å². The summed E-state index contributed by atoms with van der Waals surface area (Å²) in [6, 6.07) is 12.3. The van der Waals surface area contributed by atoms with Crippen LogP contribution in [0.4, 0.5) is 11.4 Å². The zero-order valence-electron chi connectivity index (χ0n) is 16.6. The number of benzene rings is 2. The van der Waals surface area contributed by atoms with Crippen LogP contribution in [0.3, 0.4) is 0 Å². The molecule has 9 heteroatoms. The van der Waals surface area contributed by atoms with Gasteiger partial charge in [0.05, 0.1) is 30.4 Å². The molecule has 1 saturated heterocycles. The van der Waals surface area contributed by atoms with Crippen LogP contribution in [0.1, 0.15) is 26.3 Å². The standard InChI is InChI=1S/C21H22N4O5/c1-22(13-15-5-7-16(8-6-15)23-9-11-30-12-10-23)14-24-20(26)17-3-2-4-18(25(28)29)19(17)21(24)27/h2-8H,9-14H2,1H3. The van der Waals surface area contributed by atoms with Crippen molar-refractivity contribution in [3.8, 4) is 0 Å². The molecule has 30 heavy (non-hydrogen) atoms. The Labute approximate surface area is 173 Å². The molecular formula is C21H22N4O5. The van der Waals surface area contributed by atoms with E-state index in [9.17, 15) is 19.7 Å². The maximum absolute atomic E-state index is 12.7. The van der Waals surface area contributed by atoms with Gasteiger partial charge in [-0.3, -0.25) is 29.5 Å². The highest BCUT2D eigenvalue weighted by molar-refractivity contribution is 6.23.